The fourth-order valence-corrected chi connectivity index (χ4v) is 1.22. The van der Waals surface area contributed by atoms with Crippen LogP contribution in [0.3, 0.4) is 0 Å². The van der Waals surface area contributed by atoms with Crippen LogP contribution in [0, 0.1) is 0 Å². The van der Waals surface area contributed by atoms with Crippen LogP contribution < -0.4 is 10.2 Å². The first-order valence-electron chi connectivity index (χ1n) is 4.39. The third-order valence-corrected chi connectivity index (χ3v) is 2.13. The second-order valence-corrected chi connectivity index (χ2v) is 3.13. The summed E-state index contributed by atoms with van der Waals surface area (Å²) in [4.78, 5) is 15.5. The number of aromatic amines is 1. The molecule has 0 aliphatic heterocycles. The molecule has 0 saturated heterocycles. The van der Waals surface area contributed by atoms with Crippen LogP contribution in [0.5, 0.6) is 0 Å². The van der Waals surface area contributed by atoms with E-state index in [4.69, 9.17) is 5.11 Å². The van der Waals surface area contributed by atoms with Gasteiger partial charge in [-0.05, 0) is 13.1 Å². The molecule has 0 saturated carbocycles. The molecule has 1 rings (SSSR count). The number of carbonyl (C=O) groups is 1. The molecule has 1 unspecified atom stereocenters. The first kappa shape index (κ1) is 10.6. The van der Waals surface area contributed by atoms with E-state index >= 15 is 0 Å². The van der Waals surface area contributed by atoms with Crippen LogP contribution in [0.4, 0.5) is 5.69 Å². The van der Waals surface area contributed by atoms with E-state index in [0.29, 0.717) is 6.54 Å². The van der Waals surface area contributed by atoms with Crippen LogP contribution in [0.1, 0.15) is 0 Å². The quantitative estimate of drug-likeness (QED) is 0.627. The molecule has 1 heterocycles. The van der Waals surface area contributed by atoms with Gasteiger partial charge in [-0.2, -0.15) is 0 Å². The van der Waals surface area contributed by atoms with Crippen molar-refractivity contribution in [2.45, 2.75) is 6.04 Å². The van der Waals surface area contributed by atoms with Gasteiger partial charge >= 0.3 is 5.97 Å². The minimum Gasteiger partial charge on any atom is -0.480 e. The minimum atomic E-state index is -0.838. The molecule has 0 bridgehead atoms. The van der Waals surface area contributed by atoms with Crippen molar-refractivity contribution < 1.29 is 9.90 Å². The summed E-state index contributed by atoms with van der Waals surface area (Å²) in [6.07, 6.45) is 3.63. The number of H-pyrrole nitrogens is 1. The smallest absolute Gasteiger partial charge is 0.322 e. The third-order valence-electron chi connectivity index (χ3n) is 2.13. The first-order chi connectivity index (χ1) is 6.65. The van der Waals surface area contributed by atoms with Crippen molar-refractivity contribution in [3.8, 4) is 0 Å². The van der Waals surface area contributed by atoms with Gasteiger partial charge in [0.2, 0.25) is 0 Å². The lowest BCUT2D eigenvalue weighted by molar-refractivity contribution is -0.139. The van der Waals surface area contributed by atoms with E-state index in [1.165, 1.54) is 0 Å². The van der Waals surface area contributed by atoms with Gasteiger partial charge in [-0.1, -0.05) is 0 Å². The molecule has 78 valence electrons. The van der Waals surface area contributed by atoms with Gasteiger partial charge in [0.25, 0.3) is 0 Å². The zero-order chi connectivity index (χ0) is 10.6. The van der Waals surface area contributed by atoms with E-state index in [9.17, 15) is 4.79 Å². The van der Waals surface area contributed by atoms with Crippen LogP contribution in [-0.2, 0) is 4.79 Å². The van der Waals surface area contributed by atoms with E-state index in [1.807, 2.05) is 24.2 Å². The summed E-state index contributed by atoms with van der Waals surface area (Å²) < 4.78 is 0. The number of aromatic nitrogens is 1. The molecule has 0 fully saturated rings. The highest BCUT2D eigenvalue weighted by molar-refractivity contribution is 5.74. The van der Waals surface area contributed by atoms with Crippen LogP contribution >= 0.6 is 0 Å². The highest BCUT2D eigenvalue weighted by Crippen LogP contribution is 2.10. The Balaban J connectivity index is 2.55. The molecule has 14 heavy (non-hydrogen) atoms. The van der Waals surface area contributed by atoms with E-state index in [0.717, 1.165) is 5.69 Å². The molecule has 0 aliphatic carbocycles. The zero-order valence-corrected chi connectivity index (χ0v) is 8.32. The van der Waals surface area contributed by atoms with Gasteiger partial charge in [0.1, 0.15) is 6.04 Å². The zero-order valence-electron chi connectivity index (χ0n) is 8.32. The maximum atomic E-state index is 10.7. The maximum absolute atomic E-state index is 10.7. The fraction of sp³-hybridized carbons (Fsp3) is 0.444. The molecule has 5 nitrogen and oxygen atoms in total. The SMILES string of the molecule is CNC(CN(C)c1cc[nH]c1)C(=O)O. The Bertz CT molecular complexity index is 284. The lowest BCUT2D eigenvalue weighted by Gasteiger charge is -2.21. The number of aliphatic carboxylic acids is 1. The molecule has 0 aromatic carbocycles. The molecule has 1 aromatic rings. The van der Waals surface area contributed by atoms with Gasteiger partial charge in [-0.25, -0.2) is 0 Å². The molecule has 5 heteroatoms. The van der Waals surface area contributed by atoms with Gasteiger partial charge in [-0.15, -0.1) is 0 Å². The molecule has 0 spiro atoms. The van der Waals surface area contributed by atoms with E-state index < -0.39 is 12.0 Å². The summed E-state index contributed by atoms with van der Waals surface area (Å²) in [5.74, 6) is -0.838. The van der Waals surface area contributed by atoms with Crippen LogP contribution in [-0.4, -0.2) is 42.7 Å². The number of nitrogens with one attached hydrogen (secondary N) is 2. The number of carboxylic acids is 1. The van der Waals surface area contributed by atoms with Gasteiger partial charge in [-0.3, -0.25) is 4.79 Å². The highest BCUT2D eigenvalue weighted by atomic mass is 16.4. The minimum absolute atomic E-state index is 0.434. The molecule has 1 atom stereocenters. The van der Waals surface area contributed by atoms with Crippen molar-refractivity contribution in [3.63, 3.8) is 0 Å². The number of anilines is 1. The van der Waals surface area contributed by atoms with Crippen molar-refractivity contribution in [1.29, 1.82) is 0 Å². The number of carboxylic acid groups (broad SMARTS) is 1. The number of hydrogen-bond donors (Lipinski definition) is 3. The molecular weight excluding hydrogens is 182 g/mol. The lowest BCUT2D eigenvalue weighted by atomic mass is 10.3. The monoisotopic (exact) mass is 197 g/mol. The van der Waals surface area contributed by atoms with Gasteiger partial charge < -0.3 is 20.3 Å². The summed E-state index contributed by atoms with van der Waals surface area (Å²) in [5.41, 5.74) is 0.978. The van der Waals surface area contributed by atoms with Crippen molar-refractivity contribution in [2.24, 2.45) is 0 Å². The van der Waals surface area contributed by atoms with Crippen LogP contribution in [0.25, 0.3) is 0 Å². The highest BCUT2D eigenvalue weighted by Gasteiger charge is 2.17. The first-order valence-corrected chi connectivity index (χ1v) is 4.39. The summed E-state index contributed by atoms with van der Waals surface area (Å²) in [7, 11) is 3.50. The van der Waals surface area contributed by atoms with Crippen LogP contribution in [0.15, 0.2) is 18.5 Å². The number of hydrogen-bond acceptors (Lipinski definition) is 3. The predicted octanol–water partition coefficient (Wildman–Crippen LogP) is 0.123. The summed E-state index contributed by atoms with van der Waals surface area (Å²) in [5, 5.41) is 11.6. The second kappa shape index (κ2) is 4.66. The van der Waals surface area contributed by atoms with Gasteiger partial charge in [0.05, 0.1) is 5.69 Å². The third kappa shape index (κ3) is 2.50. The number of nitrogens with zero attached hydrogens (tertiary/aromatic N) is 1. The molecule has 0 aliphatic rings. The number of rotatable bonds is 5. The summed E-state index contributed by atoms with van der Waals surface area (Å²) >= 11 is 0. The average molecular weight is 197 g/mol. The summed E-state index contributed by atoms with van der Waals surface area (Å²) in [6.45, 7) is 0.434. The molecule has 0 radical (unpaired) electrons. The largest absolute Gasteiger partial charge is 0.480 e. The summed E-state index contributed by atoms with van der Waals surface area (Å²) in [6, 6.07) is 1.35. The van der Waals surface area contributed by atoms with E-state index in [2.05, 4.69) is 10.3 Å². The molecule has 0 amide bonds. The Hall–Kier alpha value is -1.49. The van der Waals surface area contributed by atoms with Gasteiger partial charge in [0.15, 0.2) is 0 Å². The standard InChI is InChI=1S/C9H15N3O2/c1-10-8(9(13)14)6-12(2)7-3-4-11-5-7/h3-5,8,10-11H,6H2,1-2H3,(H,13,14). The lowest BCUT2D eigenvalue weighted by Crippen LogP contribution is -2.43. The second-order valence-electron chi connectivity index (χ2n) is 3.13. The van der Waals surface area contributed by atoms with E-state index in [-0.39, 0.29) is 0 Å². The van der Waals surface area contributed by atoms with Crippen molar-refractivity contribution in [3.05, 3.63) is 18.5 Å². The Morgan fingerprint density at radius 3 is 2.93 bits per heavy atom. The Morgan fingerprint density at radius 1 is 1.79 bits per heavy atom. The predicted molar refractivity (Wildman–Crippen MR) is 54.5 cm³/mol. The van der Waals surface area contributed by atoms with E-state index in [1.54, 1.807) is 13.2 Å². The Morgan fingerprint density at radius 2 is 2.50 bits per heavy atom. The Labute approximate surface area is 82.7 Å². The average Bonchev–Trinajstić information content (AvgIpc) is 2.65. The molecular formula is C9H15N3O2. The van der Waals surface area contributed by atoms with Crippen molar-refractivity contribution in [1.82, 2.24) is 10.3 Å². The number of likely N-dealkylation sites (N-methyl/N-ethyl adjacent to an activating group) is 2. The van der Waals surface area contributed by atoms with Crippen molar-refractivity contribution in [2.75, 3.05) is 25.5 Å². The molecule has 3 N–H and O–H groups in total. The topological polar surface area (TPSA) is 68.4 Å². The normalized spacial score (nSPS) is 12.4. The maximum Gasteiger partial charge on any atom is 0.322 e. The van der Waals surface area contributed by atoms with Crippen molar-refractivity contribution >= 4 is 11.7 Å². The molecule has 1 aromatic heterocycles. The fourth-order valence-electron chi connectivity index (χ4n) is 1.22. The van der Waals surface area contributed by atoms with Crippen LogP contribution in [0.2, 0.25) is 0 Å². The Kier molecular flexibility index (Phi) is 3.53. The van der Waals surface area contributed by atoms with Gasteiger partial charge in [0, 0.05) is 26.0 Å².